The van der Waals surface area contributed by atoms with Crippen LogP contribution < -0.4 is 9.47 Å². The molecule has 4 heteroatoms. The molecule has 0 spiro atoms. The monoisotopic (exact) mass is 312 g/mol. The Kier molecular flexibility index (Phi) is 4.26. The van der Waals surface area contributed by atoms with Crippen LogP contribution in [-0.2, 0) is 4.79 Å². The van der Waals surface area contributed by atoms with Crippen LogP contribution in [0.15, 0.2) is 66.7 Å². The smallest absolute Gasteiger partial charge is 0.349 e. The summed E-state index contributed by atoms with van der Waals surface area (Å²) in [5.74, 6) is 0.637. The van der Waals surface area contributed by atoms with Crippen molar-refractivity contribution in [3.63, 3.8) is 0 Å². The van der Waals surface area contributed by atoms with Gasteiger partial charge in [-0.05, 0) is 24.3 Å². The van der Waals surface area contributed by atoms with E-state index in [0.717, 1.165) is 10.8 Å². The van der Waals surface area contributed by atoms with E-state index < -0.39 is 5.97 Å². The molecule has 0 aliphatic heterocycles. The molecule has 110 valence electrons. The summed E-state index contributed by atoms with van der Waals surface area (Å²) in [5, 5.41) is 2.26. The van der Waals surface area contributed by atoms with Crippen LogP contribution in [0.2, 0.25) is 5.02 Å². The highest BCUT2D eigenvalue weighted by Crippen LogP contribution is 2.31. The van der Waals surface area contributed by atoms with E-state index in [1.807, 2.05) is 42.5 Å². The van der Waals surface area contributed by atoms with Gasteiger partial charge in [-0.3, -0.25) is 0 Å². The fourth-order valence-corrected chi connectivity index (χ4v) is 2.36. The highest BCUT2D eigenvalue weighted by molar-refractivity contribution is 6.35. The van der Waals surface area contributed by atoms with Crippen molar-refractivity contribution < 1.29 is 14.3 Å². The van der Waals surface area contributed by atoms with Crippen LogP contribution in [0.5, 0.6) is 11.5 Å². The van der Waals surface area contributed by atoms with Gasteiger partial charge in [-0.2, -0.15) is 0 Å². The molecule has 0 saturated carbocycles. The number of benzene rings is 3. The van der Waals surface area contributed by atoms with E-state index in [4.69, 9.17) is 21.1 Å². The Bertz CT molecular complexity index is 800. The molecule has 3 nitrogen and oxygen atoms in total. The van der Waals surface area contributed by atoms with Gasteiger partial charge in [0.1, 0.15) is 11.5 Å². The Morgan fingerprint density at radius 1 is 0.864 bits per heavy atom. The third-order valence-corrected chi connectivity index (χ3v) is 3.48. The van der Waals surface area contributed by atoms with E-state index in [1.165, 1.54) is 0 Å². The average molecular weight is 313 g/mol. The summed E-state index contributed by atoms with van der Waals surface area (Å²) in [4.78, 5) is 11.9. The van der Waals surface area contributed by atoms with Crippen molar-refractivity contribution in [3.05, 3.63) is 71.8 Å². The average Bonchev–Trinajstić information content (AvgIpc) is 2.57. The summed E-state index contributed by atoms with van der Waals surface area (Å²) in [7, 11) is 0. The minimum absolute atomic E-state index is 0.152. The molecule has 0 radical (unpaired) electrons. The summed E-state index contributed by atoms with van der Waals surface area (Å²) in [6, 6.07) is 20.0. The number of ether oxygens (including phenoxy) is 2. The van der Waals surface area contributed by atoms with Gasteiger partial charge >= 0.3 is 5.97 Å². The molecule has 0 atom stereocenters. The molecule has 0 aliphatic carbocycles. The van der Waals surface area contributed by atoms with Gasteiger partial charge in [0.2, 0.25) is 0 Å². The first-order chi connectivity index (χ1) is 10.7. The number of esters is 1. The number of hydrogen-bond donors (Lipinski definition) is 0. The van der Waals surface area contributed by atoms with Gasteiger partial charge in [0.15, 0.2) is 6.61 Å². The van der Waals surface area contributed by atoms with Crippen molar-refractivity contribution in [2.75, 3.05) is 6.61 Å². The van der Waals surface area contributed by atoms with Crippen LogP contribution >= 0.6 is 11.6 Å². The van der Waals surface area contributed by atoms with Crippen molar-refractivity contribution in [1.29, 1.82) is 0 Å². The van der Waals surface area contributed by atoms with Gasteiger partial charge in [-0.25, -0.2) is 4.79 Å². The number of para-hydroxylation sites is 1. The number of halogens is 1. The molecule has 0 heterocycles. The molecule has 3 rings (SSSR count). The minimum atomic E-state index is -0.462. The third kappa shape index (κ3) is 3.21. The van der Waals surface area contributed by atoms with Gasteiger partial charge in [0.25, 0.3) is 0 Å². The summed E-state index contributed by atoms with van der Waals surface area (Å²) < 4.78 is 10.8. The molecule has 22 heavy (non-hydrogen) atoms. The fraction of sp³-hybridized carbons (Fsp3) is 0.0556. The van der Waals surface area contributed by atoms with Crippen molar-refractivity contribution in [2.45, 2.75) is 0 Å². The maximum atomic E-state index is 11.9. The van der Waals surface area contributed by atoms with E-state index in [-0.39, 0.29) is 6.61 Å². The maximum absolute atomic E-state index is 11.9. The van der Waals surface area contributed by atoms with E-state index in [9.17, 15) is 4.79 Å². The van der Waals surface area contributed by atoms with Crippen molar-refractivity contribution in [3.8, 4) is 11.5 Å². The summed E-state index contributed by atoms with van der Waals surface area (Å²) in [6.45, 7) is -0.152. The number of fused-ring (bicyclic) bond motifs is 1. The van der Waals surface area contributed by atoms with Crippen LogP contribution in [0.3, 0.4) is 0 Å². The third-order valence-electron chi connectivity index (χ3n) is 3.15. The molecular formula is C18H13ClO3. The molecular weight excluding hydrogens is 300 g/mol. The SMILES string of the molecule is O=C(COc1ccccc1)Oc1ccc(Cl)c2ccccc12. The normalized spacial score (nSPS) is 10.4. The van der Waals surface area contributed by atoms with E-state index in [1.54, 1.807) is 24.3 Å². The van der Waals surface area contributed by atoms with Gasteiger partial charge in [-0.1, -0.05) is 54.1 Å². The molecule has 3 aromatic carbocycles. The summed E-state index contributed by atoms with van der Waals surface area (Å²) >= 11 is 6.14. The standard InChI is InChI=1S/C18H13ClO3/c19-16-10-11-17(15-9-5-4-8-14(15)16)22-18(20)12-21-13-6-2-1-3-7-13/h1-11H,12H2. The van der Waals surface area contributed by atoms with Crippen LogP contribution in [0.25, 0.3) is 10.8 Å². The molecule has 0 unspecified atom stereocenters. The molecule has 3 aromatic rings. The Labute approximate surface area is 133 Å². The van der Waals surface area contributed by atoms with Gasteiger partial charge in [0.05, 0.1) is 0 Å². The van der Waals surface area contributed by atoms with Crippen molar-refractivity contribution in [1.82, 2.24) is 0 Å². The predicted molar refractivity (Wildman–Crippen MR) is 86.5 cm³/mol. The lowest BCUT2D eigenvalue weighted by molar-refractivity contribution is -0.136. The number of hydrogen-bond acceptors (Lipinski definition) is 3. The Hall–Kier alpha value is -2.52. The highest BCUT2D eigenvalue weighted by Gasteiger charge is 2.10. The lowest BCUT2D eigenvalue weighted by Gasteiger charge is -2.09. The molecule has 0 aromatic heterocycles. The summed E-state index contributed by atoms with van der Waals surface area (Å²) in [6.07, 6.45) is 0. The first kappa shape index (κ1) is 14.4. The first-order valence-electron chi connectivity index (χ1n) is 6.80. The van der Waals surface area contributed by atoms with E-state index >= 15 is 0 Å². The zero-order valence-corrected chi connectivity index (χ0v) is 12.4. The van der Waals surface area contributed by atoms with Gasteiger partial charge < -0.3 is 9.47 Å². The van der Waals surface area contributed by atoms with Gasteiger partial charge in [0, 0.05) is 15.8 Å². The number of carbonyl (C=O) groups is 1. The second-order valence-electron chi connectivity index (χ2n) is 4.67. The van der Waals surface area contributed by atoms with Crippen LogP contribution in [0.4, 0.5) is 0 Å². The van der Waals surface area contributed by atoms with E-state index in [0.29, 0.717) is 16.5 Å². The largest absolute Gasteiger partial charge is 0.482 e. The number of carbonyl (C=O) groups excluding carboxylic acids is 1. The molecule has 0 N–H and O–H groups in total. The topological polar surface area (TPSA) is 35.5 Å². The Morgan fingerprint density at radius 3 is 2.32 bits per heavy atom. The highest BCUT2D eigenvalue weighted by atomic mass is 35.5. The second kappa shape index (κ2) is 6.50. The Morgan fingerprint density at radius 2 is 1.55 bits per heavy atom. The Balaban J connectivity index is 1.73. The lowest BCUT2D eigenvalue weighted by Crippen LogP contribution is -2.17. The number of rotatable bonds is 4. The van der Waals surface area contributed by atoms with E-state index in [2.05, 4.69) is 0 Å². The maximum Gasteiger partial charge on any atom is 0.349 e. The quantitative estimate of drug-likeness (QED) is 0.526. The van der Waals surface area contributed by atoms with Crippen LogP contribution in [0.1, 0.15) is 0 Å². The predicted octanol–water partition coefficient (Wildman–Crippen LogP) is 4.48. The molecule has 0 amide bonds. The van der Waals surface area contributed by atoms with Crippen molar-refractivity contribution in [2.24, 2.45) is 0 Å². The van der Waals surface area contributed by atoms with Crippen molar-refractivity contribution >= 4 is 28.3 Å². The zero-order chi connectivity index (χ0) is 15.4. The summed E-state index contributed by atoms with van der Waals surface area (Å²) in [5.41, 5.74) is 0. The zero-order valence-electron chi connectivity index (χ0n) is 11.7. The fourth-order valence-electron chi connectivity index (χ4n) is 2.13. The van der Waals surface area contributed by atoms with Gasteiger partial charge in [-0.15, -0.1) is 0 Å². The van der Waals surface area contributed by atoms with Crippen LogP contribution in [-0.4, -0.2) is 12.6 Å². The lowest BCUT2D eigenvalue weighted by atomic mass is 10.1. The first-order valence-corrected chi connectivity index (χ1v) is 7.17. The second-order valence-corrected chi connectivity index (χ2v) is 5.07. The molecule has 0 saturated heterocycles. The van der Waals surface area contributed by atoms with Crippen LogP contribution in [0, 0.1) is 0 Å². The molecule has 0 aliphatic rings. The molecule has 0 bridgehead atoms. The molecule has 0 fully saturated rings. The minimum Gasteiger partial charge on any atom is -0.482 e.